The van der Waals surface area contributed by atoms with E-state index in [2.05, 4.69) is 15.0 Å². The van der Waals surface area contributed by atoms with Crippen LogP contribution in [0.25, 0.3) is 22.3 Å². The fourth-order valence-electron chi connectivity index (χ4n) is 4.37. The van der Waals surface area contributed by atoms with Gasteiger partial charge in [-0.25, -0.2) is 18.7 Å². The fourth-order valence-corrected chi connectivity index (χ4v) is 4.37. The zero-order chi connectivity index (χ0) is 26.3. The van der Waals surface area contributed by atoms with Crippen molar-refractivity contribution in [3.05, 3.63) is 60.2 Å². The van der Waals surface area contributed by atoms with Crippen LogP contribution >= 0.6 is 0 Å². The van der Waals surface area contributed by atoms with Gasteiger partial charge in [0.05, 0.1) is 29.2 Å². The molecule has 1 saturated heterocycles. The Labute approximate surface area is 212 Å². The lowest BCUT2D eigenvalue weighted by Crippen LogP contribution is -2.39. The summed E-state index contributed by atoms with van der Waals surface area (Å²) in [6.45, 7) is 4.17. The zero-order valence-electron chi connectivity index (χ0n) is 20.8. The maximum atomic E-state index is 14.1. The first-order valence-electron chi connectivity index (χ1n) is 12.0. The van der Waals surface area contributed by atoms with Crippen molar-refractivity contribution in [2.75, 3.05) is 18.0 Å². The highest BCUT2D eigenvalue weighted by molar-refractivity contribution is 5.83. The van der Waals surface area contributed by atoms with Crippen LogP contribution in [0.2, 0.25) is 0 Å². The van der Waals surface area contributed by atoms with E-state index in [-0.39, 0.29) is 11.9 Å². The molecule has 0 amide bonds. The number of rotatable bonds is 6. The molecule has 1 aliphatic heterocycles. The van der Waals surface area contributed by atoms with Crippen molar-refractivity contribution in [2.45, 2.75) is 44.5 Å². The molecule has 1 aromatic carbocycles. The van der Waals surface area contributed by atoms with Crippen molar-refractivity contribution < 1.29 is 23.7 Å². The molecule has 0 aliphatic carbocycles. The van der Waals surface area contributed by atoms with Crippen LogP contribution in [0.1, 0.15) is 38.5 Å². The summed E-state index contributed by atoms with van der Waals surface area (Å²) in [4.78, 5) is 16.1. The van der Waals surface area contributed by atoms with Crippen molar-refractivity contribution >= 4 is 16.9 Å². The first-order valence-corrected chi connectivity index (χ1v) is 12.0. The van der Waals surface area contributed by atoms with Gasteiger partial charge in [-0.3, -0.25) is 9.67 Å². The van der Waals surface area contributed by atoms with Gasteiger partial charge in [0, 0.05) is 50.8 Å². The molecule has 1 atom stereocenters. The number of pyridine rings is 1. The van der Waals surface area contributed by atoms with Crippen LogP contribution in [0, 0.1) is 11.6 Å². The molecule has 2 N–H and O–H groups in total. The third-order valence-corrected chi connectivity index (χ3v) is 6.41. The molecular weight excluding hydrogens is 482 g/mol. The van der Waals surface area contributed by atoms with Gasteiger partial charge in [0.25, 0.3) is 0 Å². The number of hydrogen-bond donors (Lipinski definition) is 2. The number of hydrogen-bond acceptors (Lipinski definition) is 8. The van der Waals surface area contributed by atoms with Gasteiger partial charge in [-0.2, -0.15) is 5.10 Å². The topological polar surface area (TPSA) is 109 Å². The van der Waals surface area contributed by atoms with Gasteiger partial charge in [-0.1, -0.05) is 0 Å². The smallest absolute Gasteiger partial charge is 0.167 e. The largest absolute Gasteiger partial charge is 0.487 e. The Hall–Kier alpha value is -3.70. The lowest BCUT2D eigenvalue weighted by Gasteiger charge is -2.33. The van der Waals surface area contributed by atoms with Crippen LogP contribution in [0.15, 0.2) is 42.9 Å². The van der Waals surface area contributed by atoms with Gasteiger partial charge in [0.15, 0.2) is 17.4 Å². The molecule has 0 saturated carbocycles. The Bertz CT molecular complexity index is 1430. The molecule has 0 spiro atoms. The van der Waals surface area contributed by atoms with E-state index >= 15 is 0 Å². The fraction of sp³-hybridized carbons (Fsp3) is 0.385. The second-order valence-corrected chi connectivity index (χ2v) is 9.83. The molecule has 1 fully saturated rings. The summed E-state index contributed by atoms with van der Waals surface area (Å²) in [6.07, 6.45) is 4.88. The van der Waals surface area contributed by atoms with Gasteiger partial charge in [0.2, 0.25) is 0 Å². The summed E-state index contributed by atoms with van der Waals surface area (Å²) in [7, 11) is 1.82. The monoisotopic (exact) mass is 510 g/mol. The molecule has 0 unspecified atom stereocenters. The Kier molecular flexibility index (Phi) is 6.50. The molecular formula is C26H28F2N6O3. The first-order chi connectivity index (χ1) is 17.6. The molecule has 0 bridgehead atoms. The van der Waals surface area contributed by atoms with Crippen LogP contribution in [0.3, 0.4) is 0 Å². The Morgan fingerprint density at radius 1 is 1.08 bits per heavy atom. The number of nitrogens with zero attached hydrogens (tertiary/aromatic N) is 6. The number of ether oxygens (including phenoxy) is 1. The maximum Gasteiger partial charge on any atom is 0.167 e. The highest BCUT2D eigenvalue weighted by Gasteiger charge is 2.29. The normalized spacial score (nSPS) is 15.8. The van der Waals surface area contributed by atoms with E-state index in [0.717, 1.165) is 11.6 Å². The van der Waals surface area contributed by atoms with Crippen molar-refractivity contribution in [3.8, 4) is 17.0 Å². The Balaban J connectivity index is 1.45. The molecule has 0 radical (unpaired) electrons. The number of piperidine rings is 1. The molecule has 4 heterocycles. The van der Waals surface area contributed by atoms with E-state index in [9.17, 15) is 19.0 Å². The number of aliphatic hydroxyl groups excluding tert-OH is 1. The van der Waals surface area contributed by atoms with E-state index in [1.54, 1.807) is 16.9 Å². The number of aryl methyl sites for hydroxylation is 1. The van der Waals surface area contributed by atoms with Crippen LogP contribution in [-0.4, -0.2) is 59.7 Å². The first kappa shape index (κ1) is 25.0. The molecule has 11 heteroatoms. The second kappa shape index (κ2) is 9.64. The Morgan fingerprint density at radius 3 is 2.49 bits per heavy atom. The molecule has 4 aromatic rings. The minimum absolute atomic E-state index is 0.0341. The van der Waals surface area contributed by atoms with E-state index < -0.39 is 23.3 Å². The minimum atomic E-state index is -1.38. The van der Waals surface area contributed by atoms with E-state index in [0.29, 0.717) is 54.2 Å². The second-order valence-electron chi connectivity index (χ2n) is 9.83. The molecule has 37 heavy (non-hydrogen) atoms. The minimum Gasteiger partial charge on any atom is -0.487 e. The van der Waals surface area contributed by atoms with Gasteiger partial charge in [-0.05, 0) is 32.0 Å². The van der Waals surface area contributed by atoms with Crippen molar-refractivity contribution in [3.63, 3.8) is 0 Å². The number of halogens is 2. The number of fused-ring (bicyclic) bond motifs is 1. The predicted octanol–water partition coefficient (Wildman–Crippen LogP) is 3.56. The van der Waals surface area contributed by atoms with Crippen molar-refractivity contribution in [1.82, 2.24) is 24.7 Å². The number of aromatic nitrogens is 5. The van der Waals surface area contributed by atoms with Crippen LogP contribution < -0.4 is 9.64 Å². The Morgan fingerprint density at radius 2 is 1.84 bits per heavy atom. The third kappa shape index (κ3) is 5.23. The summed E-state index contributed by atoms with van der Waals surface area (Å²) in [5.74, 6) is -0.696. The van der Waals surface area contributed by atoms with Crippen LogP contribution in [0.4, 0.5) is 14.6 Å². The van der Waals surface area contributed by atoms with Gasteiger partial charge >= 0.3 is 0 Å². The standard InChI is InChI=1S/C26H28F2N6O3/c1-26(2,36)24(35)20-11-19-21(13-29-20)31-23(15-12-30-33(3)14-15)25(32-19)34-8-6-17(7-9-34)37-22-5-4-16(27)10-18(22)28/h4-5,10-14,17,24,35-36H,6-9H2,1-3H3/t24-/m1/s1. The van der Waals surface area contributed by atoms with Crippen LogP contribution in [-0.2, 0) is 7.05 Å². The summed E-state index contributed by atoms with van der Waals surface area (Å²) >= 11 is 0. The third-order valence-electron chi connectivity index (χ3n) is 6.41. The molecule has 194 valence electrons. The average Bonchev–Trinajstić information content (AvgIpc) is 3.30. The van der Waals surface area contributed by atoms with E-state index in [1.807, 2.05) is 13.2 Å². The highest BCUT2D eigenvalue weighted by atomic mass is 19.1. The number of benzene rings is 1. The summed E-state index contributed by atoms with van der Waals surface area (Å²) < 4.78 is 34.8. The van der Waals surface area contributed by atoms with Gasteiger partial charge < -0.3 is 19.8 Å². The zero-order valence-corrected chi connectivity index (χ0v) is 20.8. The lowest BCUT2D eigenvalue weighted by atomic mass is 9.98. The van der Waals surface area contributed by atoms with E-state index in [1.165, 1.54) is 32.2 Å². The molecule has 3 aromatic heterocycles. The predicted molar refractivity (Wildman–Crippen MR) is 133 cm³/mol. The number of anilines is 1. The summed E-state index contributed by atoms with van der Waals surface area (Å²) in [5, 5.41) is 25.0. The summed E-state index contributed by atoms with van der Waals surface area (Å²) in [5.41, 5.74) is 1.42. The average molecular weight is 511 g/mol. The maximum absolute atomic E-state index is 14.1. The van der Waals surface area contributed by atoms with Crippen LogP contribution in [0.5, 0.6) is 5.75 Å². The molecule has 9 nitrogen and oxygen atoms in total. The highest BCUT2D eigenvalue weighted by Crippen LogP contribution is 2.33. The molecule has 5 rings (SSSR count). The van der Waals surface area contributed by atoms with Crippen molar-refractivity contribution in [1.29, 1.82) is 0 Å². The SMILES string of the molecule is Cn1cc(-c2nc3cnc([C@@H](O)C(C)(C)O)cc3nc2N2CCC(Oc3ccc(F)cc3F)CC2)cn1. The van der Waals surface area contributed by atoms with E-state index in [4.69, 9.17) is 14.7 Å². The molecule has 1 aliphatic rings. The quantitative estimate of drug-likeness (QED) is 0.405. The summed E-state index contributed by atoms with van der Waals surface area (Å²) in [6, 6.07) is 4.93. The van der Waals surface area contributed by atoms with Gasteiger partial charge in [0.1, 0.15) is 29.2 Å². The van der Waals surface area contributed by atoms with Gasteiger partial charge in [-0.15, -0.1) is 0 Å². The van der Waals surface area contributed by atoms with Crippen molar-refractivity contribution in [2.24, 2.45) is 7.05 Å². The lowest BCUT2D eigenvalue weighted by molar-refractivity contribution is -0.0516. The number of aliphatic hydroxyl groups is 2.